The van der Waals surface area contributed by atoms with Crippen molar-refractivity contribution in [3.63, 3.8) is 0 Å². The van der Waals surface area contributed by atoms with E-state index < -0.39 is 11.2 Å². The first kappa shape index (κ1) is 5.62. The van der Waals surface area contributed by atoms with Crippen molar-refractivity contribution in [1.29, 1.82) is 0 Å². The molecular formula is C6H10FN2. The lowest BCUT2D eigenvalue weighted by atomic mass is 9.67. The van der Waals surface area contributed by atoms with Crippen molar-refractivity contribution in [2.75, 3.05) is 13.1 Å². The highest BCUT2D eigenvalue weighted by atomic mass is 19.1. The van der Waals surface area contributed by atoms with Crippen molar-refractivity contribution in [1.82, 2.24) is 5.32 Å². The molecule has 1 aliphatic heterocycles. The maximum absolute atomic E-state index is 13.3. The molecule has 1 heterocycles. The second-order valence-electron chi connectivity index (χ2n) is 3.16. The molecule has 2 fully saturated rings. The first-order valence-electron chi connectivity index (χ1n) is 3.27. The van der Waals surface area contributed by atoms with Gasteiger partial charge in [-0.2, -0.15) is 0 Å². The average Bonchev–Trinajstić information content (AvgIpc) is 1.98. The Labute approximate surface area is 53.6 Å². The largest absolute Gasteiger partial charge is 0.321 e. The molecular weight excluding hydrogens is 119 g/mol. The van der Waals surface area contributed by atoms with E-state index in [2.05, 4.69) is 5.32 Å². The van der Waals surface area contributed by atoms with E-state index >= 15 is 0 Å². The minimum atomic E-state index is -1.12. The highest BCUT2D eigenvalue weighted by Crippen LogP contribution is 2.46. The SMILES string of the molecule is N[C@@]12CC[C@]1(F)C[N]C2. The molecule has 2 rings (SSSR count). The number of rotatable bonds is 0. The molecule has 2 N–H and O–H groups in total. The van der Waals surface area contributed by atoms with Crippen LogP contribution in [0.15, 0.2) is 0 Å². The molecule has 0 bridgehead atoms. The summed E-state index contributed by atoms with van der Waals surface area (Å²) in [6.07, 6.45) is 1.43. The van der Waals surface area contributed by atoms with Crippen LogP contribution in [0.4, 0.5) is 4.39 Å². The van der Waals surface area contributed by atoms with Gasteiger partial charge >= 0.3 is 0 Å². The van der Waals surface area contributed by atoms with Crippen LogP contribution in [0.5, 0.6) is 0 Å². The van der Waals surface area contributed by atoms with Gasteiger partial charge in [0.1, 0.15) is 5.67 Å². The van der Waals surface area contributed by atoms with Gasteiger partial charge in [-0.1, -0.05) is 0 Å². The summed E-state index contributed by atoms with van der Waals surface area (Å²) >= 11 is 0. The van der Waals surface area contributed by atoms with Crippen LogP contribution in [-0.4, -0.2) is 24.3 Å². The van der Waals surface area contributed by atoms with Crippen LogP contribution < -0.4 is 11.1 Å². The van der Waals surface area contributed by atoms with Crippen LogP contribution >= 0.6 is 0 Å². The third-order valence-corrected chi connectivity index (χ3v) is 2.62. The summed E-state index contributed by atoms with van der Waals surface area (Å²) in [5.74, 6) is 0. The predicted molar refractivity (Wildman–Crippen MR) is 31.9 cm³/mol. The number of halogens is 1. The zero-order valence-electron chi connectivity index (χ0n) is 5.23. The van der Waals surface area contributed by atoms with Crippen molar-refractivity contribution in [3.8, 4) is 0 Å². The van der Waals surface area contributed by atoms with Crippen LogP contribution in [0.3, 0.4) is 0 Å². The number of hydrogen-bond acceptors (Lipinski definition) is 1. The highest BCUT2D eigenvalue weighted by Gasteiger charge is 2.61. The van der Waals surface area contributed by atoms with E-state index in [1.807, 2.05) is 0 Å². The third-order valence-electron chi connectivity index (χ3n) is 2.62. The molecule has 2 nitrogen and oxygen atoms in total. The summed E-state index contributed by atoms with van der Waals surface area (Å²) < 4.78 is 13.3. The Morgan fingerprint density at radius 1 is 1.33 bits per heavy atom. The summed E-state index contributed by atoms with van der Waals surface area (Å²) in [7, 11) is 0. The molecule has 1 saturated carbocycles. The summed E-state index contributed by atoms with van der Waals surface area (Å²) in [6.45, 7) is 0.868. The van der Waals surface area contributed by atoms with Gasteiger partial charge in [-0.3, -0.25) is 0 Å². The van der Waals surface area contributed by atoms with Crippen molar-refractivity contribution >= 4 is 0 Å². The summed E-state index contributed by atoms with van der Waals surface area (Å²) in [5.41, 5.74) is 3.99. The zero-order chi connectivity index (χ0) is 6.54. The van der Waals surface area contributed by atoms with Crippen molar-refractivity contribution in [2.45, 2.75) is 24.0 Å². The van der Waals surface area contributed by atoms with Gasteiger partial charge in [-0.15, -0.1) is 0 Å². The molecule has 0 aromatic rings. The quantitative estimate of drug-likeness (QED) is 0.483. The van der Waals surface area contributed by atoms with Gasteiger partial charge in [-0.25, -0.2) is 9.71 Å². The van der Waals surface area contributed by atoms with Crippen molar-refractivity contribution < 1.29 is 4.39 Å². The minimum absolute atomic E-state index is 0.337. The number of fused-ring (bicyclic) bond motifs is 1. The second-order valence-corrected chi connectivity index (χ2v) is 3.16. The van der Waals surface area contributed by atoms with E-state index in [0.717, 1.165) is 6.42 Å². The van der Waals surface area contributed by atoms with E-state index in [4.69, 9.17) is 5.73 Å². The Morgan fingerprint density at radius 2 is 2.11 bits per heavy atom. The summed E-state index contributed by atoms with van der Waals surface area (Å²) in [4.78, 5) is 0. The van der Waals surface area contributed by atoms with Gasteiger partial charge < -0.3 is 5.73 Å². The first-order valence-corrected chi connectivity index (χ1v) is 3.27. The third kappa shape index (κ3) is 0.472. The number of hydrogen-bond donors (Lipinski definition) is 1. The van der Waals surface area contributed by atoms with Crippen LogP contribution in [0.1, 0.15) is 12.8 Å². The zero-order valence-corrected chi connectivity index (χ0v) is 5.23. The molecule has 0 unspecified atom stereocenters. The standard InChI is InChI=1S/C6H10FN2/c7-5-1-2-6(5,8)4-9-3-5/h1-4,8H2/t5-,6+/m0/s1. The average molecular weight is 129 g/mol. The van der Waals surface area contributed by atoms with E-state index in [1.54, 1.807) is 0 Å². The lowest BCUT2D eigenvalue weighted by Crippen LogP contribution is -2.65. The van der Waals surface area contributed by atoms with Gasteiger partial charge in [0.25, 0.3) is 0 Å². The Balaban J connectivity index is 2.26. The summed E-state index contributed by atoms with van der Waals surface area (Å²) in [6, 6.07) is 0. The Morgan fingerprint density at radius 3 is 2.33 bits per heavy atom. The lowest BCUT2D eigenvalue weighted by Gasteiger charge is -2.45. The van der Waals surface area contributed by atoms with E-state index in [1.165, 1.54) is 0 Å². The molecule has 1 saturated heterocycles. The monoisotopic (exact) mass is 129 g/mol. The Kier molecular flexibility index (Phi) is 0.810. The van der Waals surface area contributed by atoms with Gasteiger partial charge in [0.15, 0.2) is 0 Å². The maximum Gasteiger partial charge on any atom is 0.144 e. The van der Waals surface area contributed by atoms with Crippen LogP contribution in [0.25, 0.3) is 0 Å². The maximum atomic E-state index is 13.3. The van der Waals surface area contributed by atoms with Crippen LogP contribution in [-0.2, 0) is 0 Å². The Hall–Kier alpha value is -0.150. The van der Waals surface area contributed by atoms with Crippen molar-refractivity contribution in [2.24, 2.45) is 5.73 Å². The number of nitrogens with two attached hydrogens (primary N) is 1. The van der Waals surface area contributed by atoms with Gasteiger partial charge in [0.2, 0.25) is 0 Å². The van der Waals surface area contributed by atoms with E-state index in [9.17, 15) is 4.39 Å². The molecule has 0 aromatic carbocycles. The van der Waals surface area contributed by atoms with Crippen LogP contribution in [0.2, 0.25) is 0 Å². The molecule has 2 atom stereocenters. The van der Waals surface area contributed by atoms with Gasteiger partial charge in [0.05, 0.1) is 5.54 Å². The number of alkyl halides is 1. The molecule has 0 spiro atoms. The van der Waals surface area contributed by atoms with E-state index in [-0.39, 0.29) is 0 Å². The molecule has 2 aliphatic rings. The fourth-order valence-electron chi connectivity index (χ4n) is 1.61. The number of nitrogens with zero attached hydrogens (tertiary/aromatic N) is 1. The van der Waals surface area contributed by atoms with E-state index in [0.29, 0.717) is 19.5 Å². The predicted octanol–water partition coefficient (Wildman–Crippen LogP) is -0.196. The highest BCUT2D eigenvalue weighted by molar-refractivity contribution is 5.19. The molecule has 51 valence electrons. The molecule has 0 amide bonds. The van der Waals surface area contributed by atoms with Crippen LogP contribution in [0, 0.1) is 0 Å². The van der Waals surface area contributed by atoms with Gasteiger partial charge in [-0.05, 0) is 12.8 Å². The minimum Gasteiger partial charge on any atom is -0.321 e. The molecule has 1 radical (unpaired) electrons. The fraction of sp³-hybridized carbons (Fsp3) is 1.00. The molecule has 3 heteroatoms. The topological polar surface area (TPSA) is 40.1 Å². The lowest BCUT2D eigenvalue weighted by molar-refractivity contribution is 0.00424. The molecule has 1 aliphatic carbocycles. The van der Waals surface area contributed by atoms with Gasteiger partial charge in [0, 0.05) is 13.1 Å². The Bertz CT molecular complexity index is 134. The first-order chi connectivity index (χ1) is 4.16. The fourth-order valence-corrected chi connectivity index (χ4v) is 1.61. The summed E-state index contributed by atoms with van der Waals surface area (Å²) in [5, 5.41) is 3.95. The second kappa shape index (κ2) is 1.30. The van der Waals surface area contributed by atoms with Crippen molar-refractivity contribution in [3.05, 3.63) is 0 Å². The molecule has 0 aromatic heterocycles. The smallest absolute Gasteiger partial charge is 0.144 e. The molecule has 9 heavy (non-hydrogen) atoms. The normalized spacial score (nSPS) is 56.7.